The summed E-state index contributed by atoms with van der Waals surface area (Å²) in [6.07, 6.45) is 1.10. The Kier molecular flexibility index (Phi) is 2.86. The Labute approximate surface area is 113 Å². The van der Waals surface area contributed by atoms with Gasteiger partial charge in [0.1, 0.15) is 5.75 Å². The van der Waals surface area contributed by atoms with Gasteiger partial charge < -0.3 is 20.3 Å². The van der Waals surface area contributed by atoms with Gasteiger partial charge in [-0.3, -0.25) is 4.99 Å². The molecule has 2 N–H and O–H groups in total. The molecule has 0 saturated carbocycles. The van der Waals surface area contributed by atoms with Crippen LogP contribution in [0.25, 0.3) is 0 Å². The van der Waals surface area contributed by atoms with Crippen LogP contribution in [0.3, 0.4) is 0 Å². The van der Waals surface area contributed by atoms with Gasteiger partial charge in [0.2, 0.25) is 0 Å². The zero-order chi connectivity index (χ0) is 13.5. The van der Waals surface area contributed by atoms with E-state index in [1.54, 1.807) is 7.11 Å². The molecular formula is C14H20N4O. The fraction of sp³-hybridized carbons (Fsp3) is 0.500. The number of ether oxygens (including phenoxy) is 1. The fourth-order valence-corrected chi connectivity index (χ4v) is 3.12. The molecule has 5 heteroatoms. The molecule has 0 aliphatic carbocycles. The molecule has 1 spiro atoms. The van der Waals surface area contributed by atoms with E-state index in [2.05, 4.69) is 21.8 Å². The van der Waals surface area contributed by atoms with Crippen molar-refractivity contribution in [3.8, 4) is 5.75 Å². The van der Waals surface area contributed by atoms with Crippen LogP contribution in [0.1, 0.15) is 6.42 Å². The first kappa shape index (κ1) is 12.3. The predicted octanol–water partition coefficient (Wildman–Crippen LogP) is 0.904. The second-order valence-corrected chi connectivity index (χ2v) is 5.42. The van der Waals surface area contributed by atoms with Gasteiger partial charge in [-0.1, -0.05) is 0 Å². The SMILES string of the molecule is COc1ccc(N2C(N)=NCC23CCN(C)C3)cc1. The third-order valence-corrected chi connectivity index (χ3v) is 4.09. The van der Waals surface area contributed by atoms with Gasteiger partial charge in [0.05, 0.1) is 19.2 Å². The quantitative estimate of drug-likeness (QED) is 0.858. The number of methoxy groups -OCH3 is 1. The number of benzene rings is 1. The molecule has 0 aromatic heterocycles. The summed E-state index contributed by atoms with van der Waals surface area (Å²) < 4.78 is 5.20. The Balaban J connectivity index is 1.93. The summed E-state index contributed by atoms with van der Waals surface area (Å²) in [5.74, 6) is 1.48. The summed E-state index contributed by atoms with van der Waals surface area (Å²) in [4.78, 5) is 9.00. The van der Waals surface area contributed by atoms with E-state index in [1.807, 2.05) is 24.3 Å². The van der Waals surface area contributed by atoms with Crippen LogP contribution in [-0.4, -0.2) is 50.2 Å². The van der Waals surface area contributed by atoms with Crippen molar-refractivity contribution in [3.63, 3.8) is 0 Å². The lowest BCUT2D eigenvalue weighted by atomic mass is 9.97. The molecule has 3 rings (SSSR count). The highest BCUT2D eigenvalue weighted by molar-refractivity contribution is 5.98. The maximum Gasteiger partial charge on any atom is 0.196 e. The minimum atomic E-state index is 0.0351. The van der Waals surface area contributed by atoms with E-state index in [-0.39, 0.29) is 5.54 Å². The van der Waals surface area contributed by atoms with Gasteiger partial charge in [-0.2, -0.15) is 0 Å². The van der Waals surface area contributed by atoms with Crippen LogP contribution in [0.15, 0.2) is 29.3 Å². The molecule has 1 saturated heterocycles. The van der Waals surface area contributed by atoms with E-state index in [9.17, 15) is 0 Å². The first-order chi connectivity index (χ1) is 9.14. The van der Waals surface area contributed by atoms with E-state index in [1.165, 1.54) is 0 Å². The molecule has 2 aliphatic heterocycles. The molecule has 2 heterocycles. The summed E-state index contributed by atoms with van der Waals surface area (Å²) in [6.45, 7) is 2.88. The van der Waals surface area contributed by atoms with E-state index in [4.69, 9.17) is 10.5 Å². The van der Waals surface area contributed by atoms with Crippen molar-refractivity contribution >= 4 is 11.6 Å². The topological polar surface area (TPSA) is 54.1 Å². The van der Waals surface area contributed by atoms with Crippen molar-refractivity contribution in [2.45, 2.75) is 12.0 Å². The highest BCUT2D eigenvalue weighted by Gasteiger charge is 2.47. The second-order valence-electron chi connectivity index (χ2n) is 5.42. The fourth-order valence-electron chi connectivity index (χ4n) is 3.12. The molecule has 0 bridgehead atoms. The maximum absolute atomic E-state index is 6.11. The Morgan fingerprint density at radius 1 is 1.32 bits per heavy atom. The number of anilines is 1. The van der Waals surface area contributed by atoms with Crippen molar-refractivity contribution < 1.29 is 4.74 Å². The number of guanidine groups is 1. The largest absolute Gasteiger partial charge is 0.497 e. The summed E-state index contributed by atoms with van der Waals surface area (Å²) in [7, 11) is 3.82. The summed E-state index contributed by atoms with van der Waals surface area (Å²) in [6, 6.07) is 8.03. The molecular weight excluding hydrogens is 240 g/mol. The number of aliphatic imine (C=N–C) groups is 1. The normalized spacial score (nSPS) is 27.1. The number of rotatable bonds is 2. The molecule has 0 radical (unpaired) electrons. The predicted molar refractivity (Wildman–Crippen MR) is 76.8 cm³/mol. The Morgan fingerprint density at radius 2 is 2.05 bits per heavy atom. The number of hydrogen-bond donors (Lipinski definition) is 1. The smallest absolute Gasteiger partial charge is 0.196 e. The molecule has 1 fully saturated rings. The van der Waals surface area contributed by atoms with Gasteiger partial charge in [-0.25, -0.2) is 0 Å². The minimum absolute atomic E-state index is 0.0351. The van der Waals surface area contributed by atoms with Crippen molar-refractivity contribution in [2.75, 3.05) is 38.7 Å². The number of nitrogens with two attached hydrogens (primary N) is 1. The van der Waals surface area contributed by atoms with Crippen LogP contribution in [-0.2, 0) is 0 Å². The van der Waals surface area contributed by atoms with Gasteiger partial charge in [-0.05, 0) is 37.7 Å². The van der Waals surface area contributed by atoms with Crippen LogP contribution < -0.4 is 15.4 Å². The van der Waals surface area contributed by atoms with Crippen molar-refractivity contribution in [2.24, 2.45) is 10.7 Å². The van der Waals surface area contributed by atoms with Crippen LogP contribution >= 0.6 is 0 Å². The van der Waals surface area contributed by atoms with Crippen LogP contribution in [0, 0.1) is 0 Å². The van der Waals surface area contributed by atoms with E-state index < -0.39 is 0 Å². The lowest BCUT2D eigenvalue weighted by Crippen LogP contribution is -2.53. The molecule has 0 amide bonds. The maximum atomic E-state index is 6.11. The van der Waals surface area contributed by atoms with Gasteiger partial charge >= 0.3 is 0 Å². The van der Waals surface area contributed by atoms with Gasteiger partial charge in [0.25, 0.3) is 0 Å². The number of nitrogens with zero attached hydrogens (tertiary/aromatic N) is 3. The molecule has 19 heavy (non-hydrogen) atoms. The molecule has 1 aromatic carbocycles. The van der Waals surface area contributed by atoms with Crippen LogP contribution in [0.4, 0.5) is 5.69 Å². The standard InChI is InChI=1S/C14H20N4O/c1-17-8-7-14(10-17)9-16-13(15)18(14)11-3-5-12(19-2)6-4-11/h3-6H,7-10H2,1-2H3,(H2,15,16). The number of likely N-dealkylation sites (N-methyl/N-ethyl adjacent to an activating group) is 1. The van der Waals surface area contributed by atoms with E-state index in [0.717, 1.165) is 37.5 Å². The highest BCUT2D eigenvalue weighted by atomic mass is 16.5. The zero-order valence-corrected chi connectivity index (χ0v) is 11.5. The molecule has 1 atom stereocenters. The molecule has 1 unspecified atom stereocenters. The molecule has 2 aliphatic rings. The second kappa shape index (κ2) is 4.42. The summed E-state index contributed by atoms with van der Waals surface area (Å²) in [5, 5.41) is 0. The highest BCUT2D eigenvalue weighted by Crippen LogP contribution is 2.36. The van der Waals surface area contributed by atoms with Crippen LogP contribution in [0.2, 0.25) is 0 Å². The Hall–Kier alpha value is -1.75. The monoisotopic (exact) mass is 260 g/mol. The van der Waals surface area contributed by atoms with Crippen molar-refractivity contribution in [1.29, 1.82) is 0 Å². The first-order valence-corrected chi connectivity index (χ1v) is 6.57. The molecule has 1 aromatic rings. The molecule has 102 valence electrons. The molecule has 5 nitrogen and oxygen atoms in total. The van der Waals surface area contributed by atoms with Crippen molar-refractivity contribution in [1.82, 2.24) is 4.90 Å². The average Bonchev–Trinajstić information content (AvgIpc) is 2.94. The summed E-state index contributed by atoms with van der Waals surface area (Å²) in [5.41, 5.74) is 7.24. The Morgan fingerprint density at radius 3 is 2.63 bits per heavy atom. The average molecular weight is 260 g/mol. The third-order valence-electron chi connectivity index (χ3n) is 4.09. The Bertz CT molecular complexity index is 499. The first-order valence-electron chi connectivity index (χ1n) is 6.57. The zero-order valence-electron chi connectivity index (χ0n) is 11.5. The van der Waals surface area contributed by atoms with Crippen molar-refractivity contribution in [3.05, 3.63) is 24.3 Å². The van der Waals surface area contributed by atoms with Gasteiger partial charge in [-0.15, -0.1) is 0 Å². The van der Waals surface area contributed by atoms with E-state index >= 15 is 0 Å². The lowest BCUT2D eigenvalue weighted by molar-refractivity contribution is 0.379. The van der Waals surface area contributed by atoms with Gasteiger partial charge in [0.15, 0.2) is 5.96 Å². The number of likely N-dealkylation sites (tertiary alicyclic amines) is 1. The lowest BCUT2D eigenvalue weighted by Gasteiger charge is -2.35. The summed E-state index contributed by atoms with van der Waals surface area (Å²) >= 11 is 0. The van der Waals surface area contributed by atoms with Crippen LogP contribution in [0.5, 0.6) is 5.75 Å². The minimum Gasteiger partial charge on any atom is -0.497 e. The third kappa shape index (κ3) is 1.94. The van der Waals surface area contributed by atoms with Gasteiger partial charge in [0, 0.05) is 18.8 Å². The van der Waals surface area contributed by atoms with E-state index in [0.29, 0.717) is 5.96 Å². The number of hydrogen-bond acceptors (Lipinski definition) is 5.